The maximum Gasteiger partial charge on any atom is 0.336 e. The van der Waals surface area contributed by atoms with Gasteiger partial charge in [-0.2, -0.15) is 0 Å². The van der Waals surface area contributed by atoms with Crippen LogP contribution >= 0.6 is 0 Å². The standard InChI is InChI=1S/C24H26N2O6S/c1-16(2)17-6-12-21-18(15-23(24(27)28)22(21)13-7-17)5-3-4-14-25-33(31,32)20-10-8-19(9-11-20)26(29)30/h6-13,15-16,25H,3-5,14H2,1-2H3,(H,27,28). The van der Waals surface area contributed by atoms with Crippen LogP contribution in [0.2, 0.25) is 0 Å². The fraction of sp³-hybridized carbons (Fsp3) is 0.292. The average Bonchev–Trinajstić information content (AvgIpc) is 2.96. The lowest BCUT2D eigenvalue weighted by molar-refractivity contribution is -0.384. The molecule has 1 aromatic rings. The summed E-state index contributed by atoms with van der Waals surface area (Å²) < 4.78 is 27.3. The number of nitrogens with zero attached hydrogens (tertiary/aromatic N) is 1. The van der Waals surface area contributed by atoms with Crippen molar-refractivity contribution in [2.24, 2.45) is 0 Å². The molecule has 0 heterocycles. The number of fused-ring (bicyclic) bond motifs is 1. The highest BCUT2D eigenvalue weighted by atomic mass is 32.2. The topological polar surface area (TPSA) is 127 Å². The van der Waals surface area contributed by atoms with E-state index in [1.54, 1.807) is 6.07 Å². The normalized spacial score (nSPS) is 11.7. The highest BCUT2D eigenvalue weighted by molar-refractivity contribution is 7.89. The third kappa shape index (κ3) is 5.74. The monoisotopic (exact) mass is 470 g/mol. The average molecular weight is 471 g/mol. The Bertz CT molecular complexity index is 1240. The van der Waals surface area contributed by atoms with E-state index in [2.05, 4.69) is 18.6 Å². The van der Waals surface area contributed by atoms with Crippen molar-refractivity contribution in [3.8, 4) is 11.1 Å². The van der Waals surface area contributed by atoms with Gasteiger partial charge in [0.25, 0.3) is 5.69 Å². The van der Waals surface area contributed by atoms with Crippen LogP contribution in [0.3, 0.4) is 0 Å². The lowest BCUT2D eigenvalue weighted by Gasteiger charge is -2.07. The summed E-state index contributed by atoms with van der Waals surface area (Å²) in [5, 5.41) is 20.3. The van der Waals surface area contributed by atoms with E-state index in [0.29, 0.717) is 30.7 Å². The van der Waals surface area contributed by atoms with Crippen LogP contribution < -0.4 is 4.72 Å². The summed E-state index contributed by atoms with van der Waals surface area (Å²) >= 11 is 0. The zero-order valence-electron chi connectivity index (χ0n) is 18.4. The summed E-state index contributed by atoms with van der Waals surface area (Å²) in [4.78, 5) is 21.8. The number of rotatable bonds is 10. The van der Waals surface area contributed by atoms with E-state index in [9.17, 15) is 28.4 Å². The predicted octanol–water partition coefficient (Wildman–Crippen LogP) is 4.82. The van der Waals surface area contributed by atoms with Crippen LogP contribution in [0.5, 0.6) is 0 Å². The quantitative estimate of drug-likeness (QED) is 0.248. The Hall–Kier alpha value is -3.30. The second kappa shape index (κ2) is 10.1. The van der Waals surface area contributed by atoms with E-state index in [1.165, 1.54) is 12.1 Å². The minimum Gasteiger partial charge on any atom is -0.478 e. The molecule has 2 aliphatic carbocycles. The molecule has 0 fully saturated rings. The maximum absolute atomic E-state index is 12.4. The number of carboxylic acids is 1. The van der Waals surface area contributed by atoms with Gasteiger partial charge in [0.05, 0.1) is 15.4 Å². The van der Waals surface area contributed by atoms with Crippen molar-refractivity contribution in [2.75, 3.05) is 6.54 Å². The molecule has 0 saturated carbocycles. The molecule has 174 valence electrons. The van der Waals surface area contributed by atoms with E-state index >= 15 is 0 Å². The lowest BCUT2D eigenvalue weighted by atomic mass is 10.0. The van der Waals surface area contributed by atoms with Crippen LogP contribution in [0.25, 0.3) is 11.1 Å². The number of nitro groups is 1. The van der Waals surface area contributed by atoms with Crippen molar-refractivity contribution in [2.45, 2.75) is 43.9 Å². The largest absolute Gasteiger partial charge is 0.478 e. The van der Waals surface area contributed by atoms with Crippen LogP contribution in [-0.2, 0) is 16.4 Å². The van der Waals surface area contributed by atoms with Crippen molar-refractivity contribution in [3.63, 3.8) is 0 Å². The number of carboxylic acid groups (broad SMARTS) is 1. The maximum atomic E-state index is 12.4. The minimum absolute atomic E-state index is 0.0327. The van der Waals surface area contributed by atoms with Crippen molar-refractivity contribution in [1.29, 1.82) is 0 Å². The van der Waals surface area contributed by atoms with E-state index in [4.69, 9.17) is 0 Å². The van der Waals surface area contributed by atoms with Crippen molar-refractivity contribution >= 4 is 21.7 Å². The first-order valence-corrected chi connectivity index (χ1v) is 12.1. The zero-order chi connectivity index (χ0) is 24.2. The number of aromatic carboxylic acids is 1. The van der Waals surface area contributed by atoms with Crippen molar-refractivity contribution in [1.82, 2.24) is 4.72 Å². The van der Waals surface area contributed by atoms with E-state index in [0.717, 1.165) is 28.8 Å². The van der Waals surface area contributed by atoms with Gasteiger partial charge in [-0.1, -0.05) is 38.1 Å². The Morgan fingerprint density at radius 3 is 2.24 bits per heavy atom. The Balaban J connectivity index is 1.64. The van der Waals surface area contributed by atoms with Gasteiger partial charge in [0.1, 0.15) is 0 Å². The minimum atomic E-state index is -3.76. The number of hydrogen-bond acceptors (Lipinski definition) is 5. The fourth-order valence-corrected chi connectivity index (χ4v) is 4.76. The number of nitro benzene ring substituents is 1. The van der Waals surface area contributed by atoms with Gasteiger partial charge < -0.3 is 5.11 Å². The van der Waals surface area contributed by atoms with Crippen LogP contribution in [-0.4, -0.2) is 31.0 Å². The van der Waals surface area contributed by atoms with Gasteiger partial charge in [-0.25, -0.2) is 17.9 Å². The van der Waals surface area contributed by atoms with Gasteiger partial charge in [0.2, 0.25) is 10.0 Å². The number of carbonyl (C=O) groups is 1. The Morgan fingerprint density at radius 2 is 1.67 bits per heavy atom. The van der Waals surface area contributed by atoms with Gasteiger partial charge >= 0.3 is 5.97 Å². The lowest BCUT2D eigenvalue weighted by Crippen LogP contribution is -2.24. The summed E-state index contributed by atoms with van der Waals surface area (Å²) in [6.45, 7) is 4.36. The third-order valence-corrected chi connectivity index (χ3v) is 7.03. The second-order valence-corrected chi connectivity index (χ2v) is 9.91. The predicted molar refractivity (Wildman–Crippen MR) is 125 cm³/mol. The van der Waals surface area contributed by atoms with Crippen LogP contribution in [0.1, 0.15) is 54.1 Å². The SMILES string of the molecule is CC(C)c1ccc2c(CCCCNS(=O)(=O)c3ccc([N+](=O)[O-])cc3)cc(C(=O)O)c-2cc1. The molecule has 0 spiro atoms. The number of non-ortho nitro benzene ring substituents is 1. The van der Waals surface area contributed by atoms with Gasteiger partial charge in [0, 0.05) is 18.7 Å². The van der Waals surface area contributed by atoms with E-state index < -0.39 is 20.9 Å². The first-order chi connectivity index (χ1) is 15.6. The first-order valence-electron chi connectivity index (χ1n) is 10.6. The molecule has 2 N–H and O–H groups in total. The molecule has 1 aromatic carbocycles. The molecule has 3 rings (SSSR count). The molecule has 8 nitrogen and oxygen atoms in total. The molecule has 0 bridgehead atoms. The van der Waals surface area contributed by atoms with Crippen LogP contribution in [0.4, 0.5) is 5.69 Å². The molecular formula is C24H26N2O6S. The molecule has 0 saturated heterocycles. The highest BCUT2D eigenvalue weighted by Crippen LogP contribution is 2.34. The molecule has 2 aliphatic rings. The van der Waals surface area contributed by atoms with Gasteiger partial charge in [-0.15, -0.1) is 0 Å². The first kappa shape index (κ1) is 24.3. The van der Waals surface area contributed by atoms with Gasteiger partial charge in [0.15, 0.2) is 0 Å². The fourth-order valence-electron chi connectivity index (χ4n) is 3.68. The Morgan fingerprint density at radius 1 is 1.03 bits per heavy atom. The van der Waals surface area contributed by atoms with E-state index in [-0.39, 0.29) is 22.7 Å². The summed E-state index contributed by atoms with van der Waals surface area (Å²) in [5.74, 6) is -0.651. The highest BCUT2D eigenvalue weighted by Gasteiger charge is 2.20. The molecule has 0 amide bonds. The molecule has 33 heavy (non-hydrogen) atoms. The van der Waals surface area contributed by atoms with Gasteiger partial charge in [-0.3, -0.25) is 10.1 Å². The second-order valence-electron chi connectivity index (χ2n) is 8.14. The van der Waals surface area contributed by atoms with Gasteiger partial charge in [-0.05, 0) is 65.6 Å². The number of hydrogen-bond donors (Lipinski definition) is 2. The van der Waals surface area contributed by atoms with Crippen LogP contribution in [0, 0.1) is 10.1 Å². The molecule has 9 heteroatoms. The number of nitrogens with one attached hydrogen (secondary N) is 1. The Labute approximate surface area is 192 Å². The Kier molecular flexibility index (Phi) is 7.45. The number of unbranched alkanes of at least 4 members (excludes halogenated alkanes) is 1. The molecule has 0 aliphatic heterocycles. The summed E-state index contributed by atoms with van der Waals surface area (Å²) in [6, 6.07) is 14.2. The molecule has 0 unspecified atom stereocenters. The van der Waals surface area contributed by atoms with Crippen LogP contribution in [0.15, 0.2) is 59.5 Å². The third-order valence-electron chi connectivity index (χ3n) is 5.55. The molecule has 0 radical (unpaired) electrons. The summed E-state index contributed by atoms with van der Waals surface area (Å²) in [7, 11) is -3.76. The number of sulfonamides is 1. The molecular weight excluding hydrogens is 444 g/mol. The van der Waals surface area contributed by atoms with E-state index in [1.807, 2.05) is 24.3 Å². The molecule has 0 aromatic heterocycles. The number of aryl methyl sites for hydroxylation is 1. The summed E-state index contributed by atoms with van der Waals surface area (Å²) in [6.07, 6.45) is 1.83. The summed E-state index contributed by atoms with van der Waals surface area (Å²) in [5.41, 5.74) is 3.73. The van der Waals surface area contributed by atoms with Crippen molar-refractivity contribution in [3.05, 3.63) is 81.4 Å². The van der Waals surface area contributed by atoms with Crippen molar-refractivity contribution < 1.29 is 23.2 Å². The zero-order valence-corrected chi connectivity index (χ0v) is 19.3. The number of benzene rings is 1. The smallest absolute Gasteiger partial charge is 0.336 e. The molecule has 0 atom stereocenters.